The molecule has 2 atom stereocenters. The van der Waals surface area contributed by atoms with E-state index in [1.54, 1.807) is 6.26 Å². The van der Waals surface area contributed by atoms with Gasteiger partial charge < -0.3 is 14.1 Å². The summed E-state index contributed by atoms with van der Waals surface area (Å²) in [7, 11) is 0. The third-order valence-corrected chi connectivity index (χ3v) is 6.82. The summed E-state index contributed by atoms with van der Waals surface area (Å²) in [6.45, 7) is 5.44. The molecule has 3 saturated heterocycles. The van der Waals surface area contributed by atoms with Crippen LogP contribution in [0.2, 0.25) is 0 Å². The predicted molar refractivity (Wildman–Crippen MR) is 97.1 cm³/mol. The van der Waals surface area contributed by atoms with Crippen LogP contribution in [0.3, 0.4) is 0 Å². The number of rotatable bonds is 4. The lowest BCUT2D eigenvalue weighted by molar-refractivity contribution is 0.0773. The molecule has 0 spiro atoms. The van der Waals surface area contributed by atoms with Crippen molar-refractivity contribution in [2.45, 2.75) is 42.9 Å². The van der Waals surface area contributed by atoms with Crippen LogP contribution in [-0.4, -0.2) is 77.6 Å². The number of ether oxygens (including phenoxy) is 1. The highest BCUT2D eigenvalue weighted by Gasteiger charge is 2.40. The number of hydrogen-bond donors (Lipinski definition) is 0. The van der Waals surface area contributed by atoms with Crippen molar-refractivity contribution in [1.29, 1.82) is 0 Å². The minimum atomic E-state index is 0.0165. The van der Waals surface area contributed by atoms with Crippen LogP contribution in [0, 0.1) is 0 Å². The molecule has 2 unspecified atom stereocenters. The number of carbonyl (C=O) groups is 1. The standard InChI is InChI=1S/C18H27N3O3S/c1-25-16-11-21(10-15(16)20-6-2-3-7-20)18(22)14-12-24-17(19-14)13-4-8-23-9-5-13/h12-13,15-16H,2-11H2,1H3. The van der Waals surface area contributed by atoms with Crippen LogP contribution in [0.1, 0.15) is 48.0 Å². The van der Waals surface area contributed by atoms with Crippen molar-refractivity contribution in [2.75, 3.05) is 45.6 Å². The maximum atomic E-state index is 12.9. The van der Waals surface area contributed by atoms with Crippen LogP contribution in [0.25, 0.3) is 0 Å². The van der Waals surface area contributed by atoms with Gasteiger partial charge in [0, 0.05) is 43.5 Å². The SMILES string of the molecule is CSC1CN(C(=O)c2coc(C3CCOCC3)n2)CC1N1CCCC1. The summed E-state index contributed by atoms with van der Waals surface area (Å²) in [6, 6.07) is 0.475. The van der Waals surface area contributed by atoms with E-state index in [-0.39, 0.29) is 11.8 Å². The van der Waals surface area contributed by atoms with Crippen molar-refractivity contribution in [1.82, 2.24) is 14.8 Å². The summed E-state index contributed by atoms with van der Waals surface area (Å²) in [6.07, 6.45) is 8.10. The Morgan fingerprint density at radius 2 is 2.00 bits per heavy atom. The van der Waals surface area contributed by atoms with E-state index in [9.17, 15) is 4.79 Å². The molecular weight excluding hydrogens is 338 g/mol. The van der Waals surface area contributed by atoms with Crippen LogP contribution in [-0.2, 0) is 4.74 Å². The highest BCUT2D eigenvalue weighted by Crippen LogP contribution is 2.30. The zero-order valence-corrected chi connectivity index (χ0v) is 15.7. The Morgan fingerprint density at radius 1 is 1.24 bits per heavy atom. The van der Waals surface area contributed by atoms with E-state index < -0.39 is 0 Å². The summed E-state index contributed by atoms with van der Waals surface area (Å²) in [5, 5.41) is 0.490. The first-order valence-corrected chi connectivity index (χ1v) is 10.6. The van der Waals surface area contributed by atoms with Crippen molar-refractivity contribution < 1.29 is 13.9 Å². The largest absolute Gasteiger partial charge is 0.448 e. The Morgan fingerprint density at radius 3 is 2.72 bits per heavy atom. The Hall–Kier alpha value is -1.05. The van der Waals surface area contributed by atoms with E-state index in [1.807, 2.05) is 16.7 Å². The third kappa shape index (κ3) is 3.59. The molecule has 6 nitrogen and oxygen atoms in total. The van der Waals surface area contributed by atoms with Crippen LogP contribution < -0.4 is 0 Å². The molecule has 0 saturated carbocycles. The lowest BCUT2D eigenvalue weighted by Crippen LogP contribution is -2.40. The zero-order chi connectivity index (χ0) is 17.2. The Labute approximate surface area is 153 Å². The fraction of sp³-hybridized carbons (Fsp3) is 0.778. The van der Waals surface area contributed by atoms with Gasteiger partial charge in [0.15, 0.2) is 11.6 Å². The third-order valence-electron chi connectivity index (χ3n) is 5.75. The van der Waals surface area contributed by atoms with Gasteiger partial charge in [-0.1, -0.05) is 0 Å². The van der Waals surface area contributed by atoms with Crippen LogP contribution in [0.4, 0.5) is 0 Å². The average molecular weight is 365 g/mol. The predicted octanol–water partition coefficient (Wildman–Crippen LogP) is 2.22. The van der Waals surface area contributed by atoms with Crippen molar-refractivity contribution in [3.05, 3.63) is 17.8 Å². The molecule has 3 aliphatic heterocycles. The quantitative estimate of drug-likeness (QED) is 0.815. The van der Waals surface area contributed by atoms with E-state index >= 15 is 0 Å². The maximum Gasteiger partial charge on any atom is 0.275 e. The Kier molecular flexibility index (Phi) is 5.33. The van der Waals surface area contributed by atoms with E-state index in [1.165, 1.54) is 25.9 Å². The van der Waals surface area contributed by atoms with Crippen LogP contribution >= 0.6 is 11.8 Å². The molecule has 0 aliphatic carbocycles. The summed E-state index contributed by atoms with van der Waals surface area (Å²) < 4.78 is 11.0. The first-order chi connectivity index (χ1) is 12.3. The summed E-state index contributed by atoms with van der Waals surface area (Å²) in [4.78, 5) is 22.0. The van der Waals surface area contributed by atoms with Gasteiger partial charge in [-0.3, -0.25) is 9.69 Å². The van der Waals surface area contributed by atoms with E-state index in [0.29, 0.717) is 22.9 Å². The molecule has 0 radical (unpaired) electrons. The van der Waals surface area contributed by atoms with Gasteiger partial charge in [0.05, 0.1) is 0 Å². The van der Waals surface area contributed by atoms with Crippen molar-refractivity contribution in [2.24, 2.45) is 0 Å². The summed E-state index contributed by atoms with van der Waals surface area (Å²) >= 11 is 1.88. The highest BCUT2D eigenvalue weighted by atomic mass is 32.2. The average Bonchev–Trinajstić information content (AvgIpc) is 3.41. The van der Waals surface area contributed by atoms with E-state index in [0.717, 1.165) is 39.1 Å². The molecule has 0 aromatic carbocycles. The number of amides is 1. The lowest BCUT2D eigenvalue weighted by Gasteiger charge is -2.26. The fourth-order valence-corrected chi connectivity index (χ4v) is 5.16. The number of nitrogens with zero attached hydrogens (tertiary/aromatic N) is 3. The Bertz CT molecular complexity index is 596. The molecule has 3 fully saturated rings. The van der Waals surface area contributed by atoms with Crippen molar-refractivity contribution in [3.63, 3.8) is 0 Å². The van der Waals surface area contributed by atoms with Gasteiger partial charge in [-0.05, 0) is 45.0 Å². The molecule has 4 rings (SSSR count). The topological polar surface area (TPSA) is 58.8 Å². The number of aromatic nitrogens is 1. The molecule has 0 N–H and O–H groups in total. The van der Waals surface area contributed by atoms with Crippen molar-refractivity contribution in [3.8, 4) is 0 Å². The molecule has 1 amide bonds. The van der Waals surface area contributed by atoms with Gasteiger partial charge in [-0.15, -0.1) is 0 Å². The molecule has 25 heavy (non-hydrogen) atoms. The number of likely N-dealkylation sites (tertiary alicyclic amines) is 2. The maximum absolute atomic E-state index is 12.9. The highest BCUT2D eigenvalue weighted by molar-refractivity contribution is 7.99. The first kappa shape index (κ1) is 17.4. The van der Waals surface area contributed by atoms with Crippen LogP contribution in [0.5, 0.6) is 0 Å². The van der Waals surface area contributed by atoms with Gasteiger partial charge in [0.1, 0.15) is 6.26 Å². The second-order valence-corrected chi connectivity index (χ2v) is 8.33. The Balaban J connectivity index is 1.43. The minimum Gasteiger partial charge on any atom is -0.448 e. The molecule has 1 aromatic rings. The number of thioether (sulfide) groups is 1. The second kappa shape index (κ2) is 7.68. The van der Waals surface area contributed by atoms with E-state index in [4.69, 9.17) is 9.15 Å². The van der Waals surface area contributed by atoms with Crippen molar-refractivity contribution >= 4 is 17.7 Å². The zero-order valence-electron chi connectivity index (χ0n) is 14.9. The molecule has 1 aromatic heterocycles. The second-order valence-electron chi connectivity index (χ2n) is 7.25. The van der Waals surface area contributed by atoms with Gasteiger partial charge in [-0.2, -0.15) is 11.8 Å². The molecule has 4 heterocycles. The van der Waals surface area contributed by atoms with Gasteiger partial charge in [0.25, 0.3) is 5.91 Å². The normalized spacial score (nSPS) is 28.8. The summed E-state index contributed by atoms with van der Waals surface area (Å²) in [5.41, 5.74) is 0.461. The smallest absolute Gasteiger partial charge is 0.275 e. The molecule has 7 heteroatoms. The monoisotopic (exact) mass is 365 g/mol. The van der Waals surface area contributed by atoms with Gasteiger partial charge >= 0.3 is 0 Å². The molecular formula is C18H27N3O3S. The fourth-order valence-electron chi connectivity index (χ4n) is 4.26. The summed E-state index contributed by atoms with van der Waals surface area (Å²) in [5.74, 6) is 0.997. The number of hydrogen-bond acceptors (Lipinski definition) is 6. The molecule has 0 bridgehead atoms. The van der Waals surface area contributed by atoms with E-state index in [2.05, 4.69) is 16.1 Å². The van der Waals surface area contributed by atoms with Gasteiger partial charge in [0.2, 0.25) is 0 Å². The number of oxazole rings is 1. The molecule has 138 valence electrons. The van der Waals surface area contributed by atoms with Gasteiger partial charge in [-0.25, -0.2) is 4.98 Å². The minimum absolute atomic E-state index is 0.0165. The lowest BCUT2D eigenvalue weighted by atomic mass is 10.0. The van der Waals surface area contributed by atoms with Crippen LogP contribution in [0.15, 0.2) is 10.7 Å². The first-order valence-electron chi connectivity index (χ1n) is 9.35. The molecule has 3 aliphatic rings. The number of carbonyl (C=O) groups excluding carboxylic acids is 1.